The average Bonchev–Trinajstić information content (AvgIpc) is 4.08. The molecule has 0 radical (unpaired) electrons. The molecule has 15 nitrogen and oxygen atoms in total. The lowest BCUT2D eigenvalue weighted by molar-refractivity contribution is -0.141. The Morgan fingerprint density at radius 2 is 1.72 bits per heavy atom. The number of nitrogens with one attached hydrogen (secondary N) is 3. The summed E-state index contributed by atoms with van der Waals surface area (Å²) >= 11 is 0. The molecule has 3 aliphatic heterocycles. The minimum absolute atomic E-state index is 0.0119. The Balaban J connectivity index is 1.24. The second-order valence-corrected chi connectivity index (χ2v) is 17.3. The summed E-state index contributed by atoms with van der Waals surface area (Å²) in [7, 11) is -0.755. The summed E-state index contributed by atoms with van der Waals surface area (Å²) in [6.07, 6.45) is 7.99. The van der Waals surface area contributed by atoms with Crippen molar-refractivity contribution < 1.29 is 46.5 Å². The molecule has 2 saturated carbocycles. The zero-order valence-corrected chi connectivity index (χ0v) is 31.8. The van der Waals surface area contributed by atoms with Gasteiger partial charge in [0.05, 0.1) is 38.1 Å². The van der Waals surface area contributed by atoms with E-state index in [1.807, 2.05) is 12.1 Å². The number of methoxy groups -OCH3 is 2. The van der Waals surface area contributed by atoms with E-state index < -0.39 is 62.8 Å². The Bertz CT molecular complexity index is 1890. The Morgan fingerprint density at radius 1 is 0.963 bits per heavy atom. The fourth-order valence-corrected chi connectivity index (χ4v) is 9.57. The third kappa shape index (κ3) is 8.18. The molecule has 54 heavy (non-hydrogen) atoms. The molecule has 7 rings (SSSR count). The number of rotatable bonds is 5. The summed E-state index contributed by atoms with van der Waals surface area (Å²) in [5.41, 5.74) is 0.125. The van der Waals surface area contributed by atoms with Crippen LogP contribution in [0.5, 0.6) is 17.4 Å². The van der Waals surface area contributed by atoms with Crippen molar-refractivity contribution in [2.75, 3.05) is 27.4 Å². The van der Waals surface area contributed by atoms with Crippen LogP contribution in [0.2, 0.25) is 0 Å². The van der Waals surface area contributed by atoms with Gasteiger partial charge in [-0.15, -0.1) is 0 Å². The predicted molar refractivity (Wildman–Crippen MR) is 197 cm³/mol. The van der Waals surface area contributed by atoms with Crippen molar-refractivity contribution in [1.82, 2.24) is 25.2 Å². The van der Waals surface area contributed by atoms with Crippen LogP contribution >= 0.6 is 0 Å². The Morgan fingerprint density at radius 3 is 2.48 bits per heavy atom. The third-order valence-electron chi connectivity index (χ3n) is 11.5. The van der Waals surface area contributed by atoms with Crippen molar-refractivity contribution in [2.45, 2.75) is 125 Å². The molecule has 4 fully saturated rings. The van der Waals surface area contributed by atoms with Gasteiger partial charge >= 0.3 is 6.09 Å². The highest BCUT2D eigenvalue weighted by Crippen LogP contribution is 2.48. The topological polar surface area (TPSA) is 192 Å². The van der Waals surface area contributed by atoms with Crippen LogP contribution in [0.4, 0.5) is 4.79 Å². The Kier molecular flexibility index (Phi) is 11.1. The predicted octanol–water partition coefficient (Wildman–Crippen LogP) is 3.65. The van der Waals surface area contributed by atoms with E-state index in [9.17, 15) is 27.6 Å². The molecule has 2 saturated heterocycles. The summed E-state index contributed by atoms with van der Waals surface area (Å²) in [4.78, 5) is 61.8. The van der Waals surface area contributed by atoms with E-state index in [4.69, 9.17) is 18.9 Å². The summed E-state index contributed by atoms with van der Waals surface area (Å²) in [5.74, 6) is -0.575. The average molecular weight is 770 g/mol. The lowest BCUT2D eigenvalue weighted by Gasteiger charge is -2.29. The van der Waals surface area contributed by atoms with Gasteiger partial charge in [-0.3, -0.25) is 19.1 Å². The van der Waals surface area contributed by atoms with Crippen LogP contribution in [0, 0.1) is 5.92 Å². The van der Waals surface area contributed by atoms with Crippen molar-refractivity contribution in [2.24, 2.45) is 5.92 Å². The second-order valence-electron chi connectivity index (χ2n) is 15.4. The number of fused-ring (bicyclic) bond motifs is 4. The van der Waals surface area contributed by atoms with Gasteiger partial charge in [0, 0.05) is 23.9 Å². The van der Waals surface area contributed by atoms with E-state index >= 15 is 0 Å². The van der Waals surface area contributed by atoms with Gasteiger partial charge in [0.2, 0.25) is 27.7 Å². The van der Waals surface area contributed by atoms with Crippen LogP contribution in [-0.4, -0.2) is 98.5 Å². The van der Waals surface area contributed by atoms with Gasteiger partial charge in [-0.2, -0.15) is 0 Å². The SMILES string of the molecule is COc1cc2c3cc(c(OC)cc3n1)CCCCCOC(=O)N[C@H]1CCCCCCC[C@H]3C[C@@]3(C(=O)NS(=O)(=O)C3CC3)NC(=O)[C@@H]3C[C@H](CN3C1=O)O2. The molecular formula is C38H51N5O10S. The van der Waals surface area contributed by atoms with Gasteiger partial charge in [-0.1, -0.05) is 32.1 Å². The molecular weight excluding hydrogens is 719 g/mol. The van der Waals surface area contributed by atoms with Gasteiger partial charge < -0.3 is 34.5 Å². The molecule has 0 unspecified atom stereocenters. The Hall–Kier alpha value is -4.34. The van der Waals surface area contributed by atoms with E-state index in [-0.39, 0.29) is 25.5 Å². The Labute approximate surface area is 315 Å². The highest BCUT2D eigenvalue weighted by Gasteiger charge is 2.62. The summed E-state index contributed by atoms with van der Waals surface area (Å²) in [5, 5.41) is 5.84. The molecule has 4 heterocycles. The number of nitrogens with zero attached hydrogens (tertiary/aromatic N) is 2. The van der Waals surface area contributed by atoms with Crippen molar-refractivity contribution >= 4 is 44.7 Å². The van der Waals surface area contributed by atoms with E-state index in [2.05, 4.69) is 20.3 Å². The number of cyclic esters (lactones) is 1. The fraction of sp³-hybridized carbons (Fsp3) is 0.658. The van der Waals surface area contributed by atoms with E-state index in [1.54, 1.807) is 13.2 Å². The minimum Gasteiger partial charge on any atom is -0.496 e. The first-order valence-electron chi connectivity index (χ1n) is 19.4. The van der Waals surface area contributed by atoms with Gasteiger partial charge in [-0.25, -0.2) is 18.2 Å². The van der Waals surface area contributed by atoms with Crippen LogP contribution in [-0.2, 0) is 35.6 Å². The molecule has 1 aromatic carbocycles. The first-order valence-corrected chi connectivity index (χ1v) is 20.9. The van der Waals surface area contributed by atoms with Crippen molar-refractivity contribution in [1.29, 1.82) is 0 Å². The molecule has 5 aliphatic rings. The van der Waals surface area contributed by atoms with E-state index in [0.717, 1.165) is 49.5 Å². The van der Waals surface area contributed by atoms with Crippen molar-refractivity contribution in [3.8, 4) is 17.4 Å². The van der Waals surface area contributed by atoms with Gasteiger partial charge in [0.25, 0.3) is 5.91 Å². The summed E-state index contributed by atoms with van der Waals surface area (Å²) < 4.78 is 51.4. The summed E-state index contributed by atoms with van der Waals surface area (Å²) in [6.45, 7) is 0.194. The zero-order valence-electron chi connectivity index (χ0n) is 31.0. The standard InChI is InChI=1S/C38H51N5O10S/c1-50-31-19-29-27-17-23(31)11-7-6-10-16-52-37(47)40-28-13-9-5-3-4-8-12-24-21-38(24,36(46)42-54(48,49)26-14-15-26)41-34(44)30-18-25(22-43(30)35(28)45)53-32(27)20-33(39-29)51-2/h17,19-20,24-26,28,30H,3-16,18,21-22H2,1-2H3,(H,40,47)(H,41,44)(H,42,46)/t24-,25+,28-,30-,38+/m0/s1. The second kappa shape index (κ2) is 15.8. The number of ether oxygens (including phenoxy) is 4. The number of carbonyl (C=O) groups excluding carboxylic acids is 4. The van der Waals surface area contributed by atoms with Gasteiger partial charge in [0.15, 0.2) is 0 Å². The number of benzene rings is 1. The number of pyridine rings is 1. The number of carbonyl (C=O) groups is 4. The first kappa shape index (κ1) is 38.0. The highest BCUT2D eigenvalue weighted by molar-refractivity contribution is 7.91. The van der Waals surface area contributed by atoms with Crippen molar-refractivity contribution in [3.63, 3.8) is 0 Å². The zero-order chi connectivity index (χ0) is 38.0. The number of hydrogen-bond donors (Lipinski definition) is 3. The van der Waals surface area contributed by atoms with Crippen LogP contribution < -0.4 is 29.6 Å². The fourth-order valence-electron chi connectivity index (χ4n) is 8.21. The van der Waals surface area contributed by atoms with Crippen LogP contribution in [0.3, 0.4) is 0 Å². The largest absolute Gasteiger partial charge is 0.496 e. The monoisotopic (exact) mass is 769 g/mol. The number of hydrogen-bond acceptors (Lipinski definition) is 11. The maximum absolute atomic E-state index is 14.5. The number of aryl methyl sites for hydroxylation is 1. The maximum atomic E-state index is 14.5. The van der Waals surface area contributed by atoms with Gasteiger partial charge in [0.1, 0.15) is 35.2 Å². The molecule has 0 spiro atoms. The van der Waals surface area contributed by atoms with Crippen LogP contribution in [0.15, 0.2) is 18.2 Å². The van der Waals surface area contributed by atoms with Gasteiger partial charge in [-0.05, 0) is 75.3 Å². The molecule has 5 bridgehead atoms. The van der Waals surface area contributed by atoms with E-state index in [0.29, 0.717) is 74.3 Å². The third-order valence-corrected chi connectivity index (χ3v) is 13.3. The molecule has 5 atom stereocenters. The lowest BCUT2D eigenvalue weighted by atomic mass is 10.0. The van der Waals surface area contributed by atoms with Crippen molar-refractivity contribution in [3.05, 3.63) is 23.8 Å². The molecule has 1 aromatic heterocycles. The smallest absolute Gasteiger partial charge is 0.407 e. The number of aromatic nitrogens is 1. The first-order chi connectivity index (χ1) is 26.0. The van der Waals surface area contributed by atoms with E-state index in [1.165, 1.54) is 12.0 Å². The maximum Gasteiger partial charge on any atom is 0.407 e. The molecule has 2 aromatic rings. The van der Waals surface area contributed by atoms with Crippen LogP contribution in [0.25, 0.3) is 10.9 Å². The molecule has 2 aliphatic carbocycles. The molecule has 4 amide bonds. The van der Waals surface area contributed by atoms with Crippen LogP contribution in [0.1, 0.15) is 95.5 Å². The quantitative estimate of drug-likeness (QED) is 0.402. The molecule has 294 valence electrons. The highest BCUT2D eigenvalue weighted by atomic mass is 32.2. The lowest BCUT2D eigenvalue weighted by Crippen LogP contribution is -2.58. The number of amides is 4. The number of sulfonamides is 1. The normalized spacial score (nSPS) is 28.6. The number of alkyl carbamates (subject to hydrolysis) is 1. The minimum atomic E-state index is -3.87. The molecule has 3 N–H and O–H groups in total. The summed E-state index contributed by atoms with van der Waals surface area (Å²) in [6, 6.07) is 3.47. The molecule has 16 heteroatoms.